The Labute approximate surface area is 125 Å². The van der Waals surface area contributed by atoms with Gasteiger partial charge in [-0.3, -0.25) is 9.59 Å². The molecular formula is C16H22N2O3. The second-order valence-electron chi connectivity index (χ2n) is 4.63. The third-order valence-electron chi connectivity index (χ3n) is 2.84. The number of rotatable bonds is 7. The third kappa shape index (κ3) is 6.12. The molecule has 5 nitrogen and oxygen atoms in total. The predicted octanol–water partition coefficient (Wildman–Crippen LogP) is 1.74. The van der Waals surface area contributed by atoms with E-state index in [4.69, 9.17) is 4.74 Å². The largest absolute Gasteiger partial charge is 0.497 e. The average molecular weight is 290 g/mol. The minimum atomic E-state index is -0.551. The van der Waals surface area contributed by atoms with Crippen molar-refractivity contribution in [3.05, 3.63) is 35.9 Å². The molecule has 0 heterocycles. The molecule has 0 bridgehead atoms. The lowest BCUT2D eigenvalue weighted by atomic mass is 10.2. The molecule has 0 fully saturated rings. The molecule has 0 spiro atoms. The summed E-state index contributed by atoms with van der Waals surface area (Å²) >= 11 is 0. The van der Waals surface area contributed by atoms with Crippen LogP contribution in [0.5, 0.6) is 5.75 Å². The molecule has 0 saturated carbocycles. The Balaban J connectivity index is 2.48. The molecule has 1 aromatic rings. The molecular weight excluding hydrogens is 268 g/mol. The molecule has 0 radical (unpaired) electrons. The summed E-state index contributed by atoms with van der Waals surface area (Å²) in [7, 11) is 1.60. The maximum atomic E-state index is 11.7. The van der Waals surface area contributed by atoms with E-state index in [2.05, 4.69) is 10.6 Å². The number of hydrogen-bond donors (Lipinski definition) is 2. The predicted molar refractivity (Wildman–Crippen MR) is 82.9 cm³/mol. The molecule has 21 heavy (non-hydrogen) atoms. The number of carbonyl (C=O) groups excluding carboxylic acids is 2. The van der Waals surface area contributed by atoms with E-state index in [1.54, 1.807) is 20.1 Å². The van der Waals surface area contributed by atoms with Crippen LogP contribution in [0.25, 0.3) is 6.08 Å². The third-order valence-corrected chi connectivity index (χ3v) is 2.84. The fraction of sp³-hybridized carbons (Fsp3) is 0.375. The van der Waals surface area contributed by atoms with Crippen molar-refractivity contribution in [3.63, 3.8) is 0 Å². The van der Waals surface area contributed by atoms with Gasteiger partial charge in [-0.2, -0.15) is 0 Å². The van der Waals surface area contributed by atoms with Gasteiger partial charge in [-0.1, -0.05) is 19.1 Å². The van der Waals surface area contributed by atoms with E-state index in [1.165, 1.54) is 6.08 Å². The van der Waals surface area contributed by atoms with Crippen LogP contribution in [0, 0.1) is 0 Å². The first-order chi connectivity index (χ1) is 10.1. The van der Waals surface area contributed by atoms with Crippen LogP contribution in [0.15, 0.2) is 30.3 Å². The highest BCUT2D eigenvalue weighted by molar-refractivity contribution is 5.95. The first kappa shape index (κ1) is 16.8. The second-order valence-corrected chi connectivity index (χ2v) is 4.63. The van der Waals surface area contributed by atoms with E-state index < -0.39 is 6.04 Å². The molecule has 0 saturated heterocycles. The molecule has 1 aromatic carbocycles. The van der Waals surface area contributed by atoms with Gasteiger partial charge in [-0.15, -0.1) is 0 Å². The maximum Gasteiger partial charge on any atom is 0.244 e. The standard InChI is InChI=1S/C16H22N2O3/c1-4-11-17-16(20)12(2)18-15(19)10-7-13-5-8-14(21-3)9-6-13/h5-10,12H,4,11H2,1-3H3,(H,17,20)(H,18,19)/b10-7+. The number of nitrogens with one attached hydrogen (secondary N) is 2. The lowest BCUT2D eigenvalue weighted by Crippen LogP contribution is -2.44. The number of ether oxygens (including phenoxy) is 1. The van der Waals surface area contributed by atoms with Crippen LogP contribution in [-0.2, 0) is 9.59 Å². The summed E-state index contributed by atoms with van der Waals surface area (Å²) in [4.78, 5) is 23.3. The SMILES string of the molecule is CCCNC(=O)C(C)NC(=O)/C=C/c1ccc(OC)cc1. The Hall–Kier alpha value is -2.30. The number of benzene rings is 1. The molecule has 0 aliphatic carbocycles. The van der Waals surface area contributed by atoms with Crippen molar-refractivity contribution in [2.24, 2.45) is 0 Å². The van der Waals surface area contributed by atoms with Crippen LogP contribution in [0.1, 0.15) is 25.8 Å². The van der Waals surface area contributed by atoms with Crippen LogP contribution in [0.4, 0.5) is 0 Å². The molecule has 5 heteroatoms. The van der Waals surface area contributed by atoms with Gasteiger partial charge in [-0.05, 0) is 37.1 Å². The normalized spacial score (nSPS) is 12.0. The van der Waals surface area contributed by atoms with E-state index in [9.17, 15) is 9.59 Å². The van der Waals surface area contributed by atoms with Gasteiger partial charge in [0.05, 0.1) is 7.11 Å². The van der Waals surface area contributed by atoms with Gasteiger partial charge in [0.25, 0.3) is 0 Å². The molecule has 0 aliphatic heterocycles. The number of amides is 2. The van der Waals surface area contributed by atoms with Crippen molar-refractivity contribution in [2.45, 2.75) is 26.3 Å². The minimum absolute atomic E-state index is 0.178. The Morgan fingerprint density at radius 3 is 2.52 bits per heavy atom. The van der Waals surface area contributed by atoms with E-state index >= 15 is 0 Å². The van der Waals surface area contributed by atoms with Crippen LogP contribution in [0.2, 0.25) is 0 Å². The summed E-state index contributed by atoms with van der Waals surface area (Å²) in [6, 6.07) is 6.78. The summed E-state index contributed by atoms with van der Waals surface area (Å²) < 4.78 is 5.06. The Bertz CT molecular complexity index is 495. The molecule has 114 valence electrons. The lowest BCUT2D eigenvalue weighted by molar-refractivity contribution is -0.126. The Morgan fingerprint density at radius 1 is 1.29 bits per heavy atom. The van der Waals surface area contributed by atoms with Gasteiger partial charge in [0.1, 0.15) is 11.8 Å². The number of methoxy groups -OCH3 is 1. The average Bonchev–Trinajstić information content (AvgIpc) is 2.50. The summed E-state index contributed by atoms with van der Waals surface area (Å²) in [5.74, 6) is 0.283. The van der Waals surface area contributed by atoms with Gasteiger partial charge < -0.3 is 15.4 Å². The van der Waals surface area contributed by atoms with E-state index in [-0.39, 0.29) is 11.8 Å². The first-order valence-corrected chi connectivity index (χ1v) is 6.97. The first-order valence-electron chi connectivity index (χ1n) is 6.97. The quantitative estimate of drug-likeness (QED) is 0.752. The zero-order valence-electron chi connectivity index (χ0n) is 12.7. The van der Waals surface area contributed by atoms with E-state index in [0.717, 1.165) is 17.7 Å². The van der Waals surface area contributed by atoms with Gasteiger partial charge in [0.2, 0.25) is 11.8 Å². The highest BCUT2D eigenvalue weighted by atomic mass is 16.5. The zero-order chi connectivity index (χ0) is 15.7. The molecule has 0 aromatic heterocycles. The zero-order valence-corrected chi connectivity index (χ0v) is 12.7. The Morgan fingerprint density at radius 2 is 1.95 bits per heavy atom. The molecule has 0 aliphatic rings. The Kier molecular flexibility index (Phi) is 7.01. The van der Waals surface area contributed by atoms with E-state index in [0.29, 0.717) is 6.54 Å². The summed E-state index contributed by atoms with van der Waals surface area (Å²) in [5.41, 5.74) is 0.883. The number of carbonyl (C=O) groups is 2. The molecule has 2 amide bonds. The smallest absolute Gasteiger partial charge is 0.244 e. The number of hydrogen-bond acceptors (Lipinski definition) is 3. The summed E-state index contributed by atoms with van der Waals surface area (Å²) in [6.45, 7) is 4.24. The summed E-state index contributed by atoms with van der Waals surface area (Å²) in [5, 5.41) is 5.35. The maximum absolute atomic E-state index is 11.7. The fourth-order valence-corrected chi connectivity index (χ4v) is 1.62. The van der Waals surface area contributed by atoms with Crippen molar-refractivity contribution < 1.29 is 14.3 Å². The van der Waals surface area contributed by atoms with Crippen LogP contribution in [-0.4, -0.2) is 31.5 Å². The molecule has 1 atom stereocenters. The van der Waals surface area contributed by atoms with Gasteiger partial charge in [0.15, 0.2) is 0 Å². The van der Waals surface area contributed by atoms with Crippen molar-refractivity contribution in [1.29, 1.82) is 0 Å². The topological polar surface area (TPSA) is 67.4 Å². The summed E-state index contributed by atoms with van der Waals surface area (Å²) in [6.07, 6.45) is 3.96. The highest BCUT2D eigenvalue weighted by Gasteiger charge is 2.12. The van der Waals surface area contributed by atoms with Gasteiger partial charge in [0, 0.05) is 12.6 Å². The molecule has 1 rings (SSSR count). The second kappa shape index (κ2) is 8.79. The molecule has 1 unspecified atom stereocenters. The van der Waals surface area contributed by atoms with Crippen LogP contribution < -0.4 is 15.4 Å². The lowest BCUT2D eigenvalue weighted by Gasteiger charge is -2.12. The van der Waals surface area contributed by atoms with Crippen molar-refractivity contribution >= 4 is 17.9 Å². The van der Waals surface area contributed by atoms with Crippen LogP contribution >= 0.6 is 0 Å². The van der Waals surface area contributed by atoms with Crippen molar-refractivity contribution in [1.82, 2.24) is 10.6 Å². The minimum Gasteiger partial charge on any atom is -0.497 e. The van der Waals surface area contributed by atoms with Gasteiger partial charge >= 0.3 is 0 Å². The molecule has 2 N–H and O–H groups in total. The highest BCUT2D eigenvalue weighted by Crippen LogP contribution is 2.12. The monoisotopic (exact) mass is 290 g/mol. The van der Waals surface area contributed by atoms with Crippen LogP contribution in [0.3, 0.4) is 0 Å². The van der Waals surface area contributed by atoms with Gasteiger partial charge in [-0.25, -0.2) is 0 Å². The fourth-order valence-electron chi connectivity index (χ4n) is 1.62. The van der Waals surface area contributed by atoms with Crippen molar-refractivity contribution in [2.75, 3.05) is 13.7 Å². The van der Waals surface area contributed by atoms with E-state index in [1.807, 2.05) is 31.2 Å². The van der Waals surface area contributed by atoms with Crippen molar-refractivity contribution in [3.8, 4) is 5.75 Å².